The molecule has 2 saturated heterocycles. The van der Waals surface area contributed by atoms with Gasteiger partial charge in [0.05, 0.1) is 19.1 Å². The minimum Gasteiger partial charge on any atom is -0.481 e. The second kappa shape index (κ2) is 4.31. The lowest BCUT2D eigenvalue weighted by Crippen LogP contribution is -2.38. The van der Waals surface area contributed by atoms with E-state index in [0.717, 1.165) is 19.5 Å². The highest BCUT2D eigenvalue weighted by atomic mass is 16.7. The number of carboxylic acid groups (broad SMARTS) is 1. The molecule has 92 valence electrons. The van der Waals surface area contributed by atoms with E-state index in [-0.39, 0.29) is 12.5 Å². The summed E-state index contributed by atoms with van der Waals surface area (Å²) in [5.74, 6) is -1.08. The van der Waals surface area contributed by atoms with Crippen LogP contribution in [-0.2, 0) is 14.3 Å². The highest BCUT2D eigenvalue weighted by Crippen LogP contribution is 2.36. The molecule has 3 unspecified atom stereocenters. The van der Waals surface area contributed by atoms with E-state index in [1.165, 1.54) is 0 Å². The van der Waals surface area contributed by atoms with Crippen LogP contribution in [0.3, 0.4) is 0 Å². The maximum Gasteiger partial charge on any atom is 0.306 e. The average molecular weight is 229 g/mol. The molecule has 0 aromatic carbocycles. The van der Waals surface area contributed by atoms with Crippen molar-refractivity contribution in [3.63, 3.8) is 0 Å². The van der Waals surface area contributed by atoms with Gasteiger partial charge in [-0.2, -0.15) is 0 Å². The fourth-order valence-electron chi connectivity index (χ4n) is 2.53. The largest absolute Gasteiger partial charge is 0.481 e. The molecule has 2 aliphatic rings. The van der Waals surface area contributed by atoms with E-state index in [0.29, 0.717) is 12.5 Å². The van der Waals surface area contributed by atoms with Crippen LogP contribution in [0.2, 0.25) is 0 Å². The molecule has 0 bridgehead atoms. The molecular formula is C11H19NO4. The number of hydrogen-bond acceptors (Lipinski definition) is 4. The summed E-state index contributed by atoms with van der Waals surface area (Å²) >= 11 is 0. The van der Waals surface area contributed by atoms with E-state index in [1.807, 2.05) is 6.92 Å². The fraction of sp³-hybridized carbons (Fsp3) is 0.909. The number of carboxylic acids is 1. The first-order valence-electron chi connectivity index (χ1n) is 5.72. The van der Waals surface area contributed by atoms with Gasteiger partial charge in [-0.1, -0.05) is 0 Å². The molecule has 1 N–H and O–H groups in total. The summed E-state index contributed by atoms with van der Waals surface area (Å²) in [5, 5.41) is 8.71. The number of aliphatic carboxylic acids is 1. The van der Waals surface area contributed by atoms with Gasteiger partial charge in [-0.05, 0) is 26.9 Å². The standard InChI is InChI=1S/C11H19NO4/c1-11(8-3-4-12(2)6-8)15-7-9(16-11)5-10(13)14/h8-9H,3-7H2,1-2H3,(H,13,14). The van der Waals surface area contributed by atoms with Crippen LogP contribution >= 0.6 is 0 Å². The minimum atomic E-state index is -0.832. The van der Waals surface area contributed by atoms with Crippen LogP contribution < -0.4 is 0 Å². The first kappa shape index (κ1) is 11.8. The summed E-state index contributed by atoms with van der Waals surface area (Å²) in [6.07, 6.45) is 0.777. The van der Waals surface area contributed by atoms with E-state index in [2.05, 4.69) is 11.9 Å². The Morgan fingerprint density at radius 2 is 2.38 bits per heavy atom. The third kappa shape index (κ3) is 2.36. The minimum absolute atomic E-state index is 0.0259. The van der Waals surface area contributed by atoms with Crippen molar-refractivity contribution in [2.75, 3.05) is 26.7 Å². The van der Waals surface area contributed by atoms with Crippen molar-refractivity contribution < 1.29 is 19.4 Å². The molecule has 0 radical (unpaired) electrons. The van der Waals surface area contributed by atoms with Gasteiger partial charge < -0.3 is 19.5 Å². The zero-order valence-corrected chi connectivity index (χ0v) is 9.81. The summed E-state index contributed by atoms with van der Waals surface area (Å²) < 4.78 is 11.4. The summed E-state index contributed by atoms with van der Waals surface area (Å²) in [6, 6.07) is 0. The maximum atomic E-state index is 10.6. The van der Waals surface area contributed by atoms with Gasteiger partial charge in [0.2, 0.25) is 0 Å². The van der Waals surface area contributed by atoms with Crippen molar-refractivity contribution in [3.05, 3.63) is 0 Å². The van der Waals surface area contributed by atoms with Crippen molar-refractivity contribution in [1.82, 2.24) is 4.90 Å². The molecule has 5 heteroatoms. The first-order chi connectivity index (χ1) is 7.49. The quantitative estimate of drug-likeness (QED) is 0.765. The van der Waals surface area contributed by atoms with Gasteiger partial charge >= 0.3 is 5.97 Å². The van der Waals surface area contributed by atoms with Crippen molar-refractivity contribution in [3.8, 4) is 0 Å². The Balaban J connectivity index is 1.92. The normalized spacial score (nSPS) is 40.4. The first-order valence-corrected chi connectivity index (χ1v) is 5.72. The van der Waals surface area contributed by atoms with E-state index in [4.69, 9.17) is 14.6 Å². The average Bonchev–Trinajstić information content (AvgIpc) is 2.73. The number of ether oxygens (including phenoxy) is 2. The van der Waals surface area contributed by atoms with E-state index in [9.17, 15) is 4.79 Å². The molecular weight excluding hydrogens is 210 g/mol. The van der Waals surface area contributed by atoms with Crippen LogP contribution in [0.4, 0.5) is 0 Å². The Labute approximate surface area is 95.3 Å². The summed E-state index contributed by atoms with van der Waals surface area (Å²) in [6.45, 7) is 4.33. The molecule has 2 aliphatic heterocycles. The lowest BCUT2D eigenvalue weighted by molar-refractivity contribution is -0.189. The Kier molecular flexibility index (Phi) is 3.19. The Morgan fingerprint density at radius 1 is 1.62 bits per heavy atom. The molecule has 5 nitrogen and oxygen atoms in total. The smallest absolute Gasteiger partial charge is 0.306 e. The molecule has 0 amide bonds. The Hall–Kier alpha value is -0.650. The molecule has 0 spiro atoms. The summed E-state index contributed by atoms with van der Waals surface area (Å²) in [7, 11) is 2.08. The second-order valence-corrected chi connectivity index (χ2v) is 4.91. The van der Waals surface area contributed by atoms with E-state index >= 15 is 0 Å². The van der Waals surface area contributed by atoms with Crippen molar-refractivity contribution in [2.45, 2.75) is 31.7 Å². The highest BCUT2D eigenvalue weighted by molar-refractivity contribution is 5.67. The predicted octanol–water partition coefficient (Wildman–Crippen LogP) is 0.544. The van der Waals surface area contributed by atoms with Crippen molar-refractivity contribution in [1.29, 1.82) is 0 Å². The predicted molar refractivity (Wildman–Crippen MR) is 57.1 cm³/mol. The monoisotopic (exact) mass is 229 g/mol. The van der Waals surface area contributed by atoms with Gasteiger partial charge in [0.1, 0.15) is 0 Å². The van der Waals surface area contributed by atoms with Crippen LogP contribution in [0.25, 0.3) is 0 Å². The molecule has 3 atom stereocenters. The molecule has 0 saturated carbocycles. The maximum absolute atomic E-state index is 10.6. The van der Waals surface area contributed by atoms with Crippen LogP contribution in [-0.4, -0.2) is 54.6 Å². The van der Waals surface area contributed by atoms with Gasteiger partial charge in [-0.3, -0.25) is 4.79 Å². The molecule has 2 heterocycles. The third-order valence-electron chi connectivity index (χ3n) is 3.49. The van der Waals surface area contributed by atoms with E-state index < -0.39 is 11.8 Å². The SMILES string of the molecule is CN1CCC(C2(C)OCC(CC(=O)O)O2)C1. The lowest BCUT2D eigenvalue weighted by atomic mass is 9.99. The number of hydrogen-bond donors (Lipinski definition) is 1. The summed E-state index contributed by atoms with van der Waals surface area (Å²) in [4.78, 5) is 12.8. The van der Waals surface area contributed by atoms with Crippen molar-refractivity contribution >= 4 is 5.97 Å². The zero-order valence-electron chi connectivity index (χ0n) is 9.81. The Bertz CT molecular complexity index is 283. The third-order valence-corrected chi connectivity index (χ3v) is 3.49. The zero-order chi connectivity index (χ0) is 11.8. The number of rotatable bonds is 3. The van der Waals surface area contributed by atoms with Crippen LogP contribution in [0.1, 0.15) is 19.8 Å². The molecule has 16 heavy (non-hydrogen) atoms. The van der Waals surface area contributed by atoms with Gasteiger partial charge in [0.25, 0.3) is 0 Å². The highest BCUT2D eigenvalue weighted by Gasteiger charge is 2.46. The molecule has 2 fully saturated rings. The van der Waals surface area contributed by atoms with Crippen LogP contribution in [0.5, 0.6) is 0 Å². The van der Waals surface area contributed by atoms with Gasteiger partial charge in [0.15, 0.2) is 5.79 Å². The second-order valence-electron chi connectivity index (χ2n) is 4.91. The molecule has 0 aliphatic carbocycles. The van der Waals surface area contributed by atoms with Gasteiger partial charge in [0, 0.05) is 12.5 Å². The number of likely N-dealkylation sites (tertiary alicyclic amines) is 1. The molecule has 0 aromatic heterocycles. The number of carbonyl (C=O) groups is 1. The molecule has 0 aromatic rings. The number of nitrogens with zero attached hydrogens (tertiary/aromatic N) is 1. The lowest BCUT2D eigenvalue weighted by Gasteiger charge is -2.29. The Morgan fingerprint density at radius 3 is 2.94 bits per heavy atom. The van der Waals surface area contributed by atoms with Gasteiger partial charge in [-0.25, -0.2) is 0 Å². The van der Waals surface area contributed by atoms with Gasteiger partial charge in [-0.15, -0.1) is 0 Å². The fourth-order valence-corrected chi connectivity index (χ4v) is 2.53. The van der Waals surface area contributed by atoms with Crippen molar-refractivity contribution in [2.24, 2.45) is 5.92 Å². The summed E-state index contributed by atoms with van der Waals surface area (Å²) in [5.41, 5.74) is 0. The molecule has 2 rings (SSSR count). The van der Waals surface area contributed by atoms with Crippen LogP contribution in [0.15, 0.2) is 0 Å². The topological polar surface area (TPSA) is 59.0 Å². The van der Waals surface area contributed by atoms with Crippen LogP contribution in [0, 0.1) is 5.92 Å². The van der Waals surface area contributed by atoms with E-state index in [1.54, 1.807) is 0 Å².